The summed E-state index contributed by atoms with van der Waals surface area (Å²) < 4.78 is 22.1. The van der Waals surface area contributed by atoms with Gasteiger partial charge in [-0.05, 0) is 24.6 Å². The molecule has 11 nitrogen and oxygen atoms in total. The van der Waals surface area contributed by atoms with E-state index in [4.69, 9.17) is 18.4 Å². The molecular weight excluding hydrogens is 472 g/mol. The van der Waals surface area contributed by atoms with Crippen molar-refractivity contribution in [3.63, 3.8) is 0 Å². The van der Waals surface area contributed by atoms with Gasteiger partial charge in [0, 0.05) is 0 Å². The van der Waals surface area contributed by atoms with Crippen LogP contribution in [0, 0.1) is 0 Å². The summed E-state index contributed by atoms with van der Waals surface area (Å²) in [7, 11) is 0. The van der Waals surface area contributed by atoms with Gasteiger partial charge in [-0.2, -0.15) is 0 Å². The Morgan fingerprint density at radius 2 is 1.47 bits per heavy atom. The molecule has 0 aromatic heterocycles. The van der Waals surface area contributed by atoms with Crippen molar-refractivity contribution >= 4 is 17.6 Å². The first-order chi connectivity index (χ1) is 16.2. The van der Waals surface area contributed by atoms with Gasteiger partial charge < -0.3 is 54.1 Å². The summed E-state index contributed by atoms with van der Waals surface area (Å²) in [4.78, 5) is 0. The lowest BCUT2D eigenvalue weighted by Crippen LogP contribution is -2.64. The lowest BCUT2D eigenvalue weighted by atomic mass is 9.95. The molecule has 34 heavy (non-hydrogen) atoms. The number of hydrogen-bond donors (Lipinski definition) is 7. The van der Waals surface area contributed by atoms with Crippen LogP contribution in [0.1, 0.15) is 12.5 Å². The van der Waals surface area contributed by atoms with Gasteiger partial charge in [0.15, 0.2) is 6.29 Å². The number of ether oxygens (including phenoxy) is 3. The van der Waals surface area contributed by atoms with Gasteiger partial charge in [-0.15, -0.1) is 0 Å². The molecule has 10 atom stereocenters. The van der Waals surface area contributed by atoms with Crippen molar-refractivity contribution in [2.45, 2.75) is 68.1 Å². The van der Waals surface area contributed by atoms with Crippen LogP contribution >= 0.6 is 12.0 Å². The second-order valence-electron chi connectivity index (χ2n) is 8.35. The smallest absolute Gasteiger partial charge is 0.187 e. The summed E-state index contributed by atoms with van der Waals surface area (Å²) in [6, 6.07) is 7.25. The molecule has 2 fully saturated rings. The SMILES string of the molecule is C=C(C)c1ccc(OSCC2OC(CO)C(OC3OC(CO)C(O)C(O)C3O)C(O)C2O)cc1. The van der Waals surface area contributed by atoms with Crippen molar-refractivity contribution < 1.29 is 54.1 Å². The van der Waals surface area contributed by atoms with E-state index in [1.807, 2.05) is 19.1 Å². The van der Waals surface area contributed by atoms with Gasteiger partial charge in [0.25, 0.3) is 0 Å². The Morgan fingerprint density at radius 3 is 2.06 bits per heavy atom. The molecule has 0 spiro atoms. The molecule has 192 valence electrons. The van der Waals surface area contributed by atoms with Gasteiger partial charge in [-0.3, -0.25) is 0 Å². The maximum Gasteiger partial charge on any atom is 0.187 e. The lowest BCUT2D eigenvalue weighted by Gasteiger charge is -2.46. The highest BCUT2D eigenvalue weighted by Gasteiger charge is 2.50. The van der Waals surface area contributed by atoms with Crippen molar-refractivity contribution in [2.24, 2.45) is 0 Å². The molecule has 3 rings (SSSR count). The van der Waals surface area contributed by atoms with Crippen LogP contribution in [-0.4, -0.2) is 116 Å². The van der Waals surface area contributed by atoms with Crippen molar-refractivity contribution in [1.29, 1.82) is 0 Å². The van der Waals surface area contributed by atoms with Crippen LogP contribution in [0.25, 0.3) is 5.57 Å². The highest BCUT2D eigenvalue weighted by Crippen LogP contribution is 2.30. The molecule has 0 radical (unpaired) electrons. The number of benzene rings is 1. The summed E-state index contributed by atoms with van der Waals surface area (Å²) in [6.07, 6.45) is -14.1. The Hall–Kier alpha value is -1.29. The molecule has 2 aliphatic rings. The normalized spacial score (nSPS) is 38.5. The minimum Gasteiger partial charge on any atom is -0.426 e. The van der Waals surface area contributed by atoms with Crippen molar-refractivity contribution in [3.8, 4) is 5.75 Å². The summed E-state index contributed by atoms with van der Waals surface area (Å²) in [5.41, 5.74) is 1.89. The Labute approximate surface area is 201 Å². The van der Waals surface area contributed by atoms with E-state index in [-0.39, 0.29) is 5.75 Å². The third kappa shape index (κ3) is 6.09. The summed E-state index contributed by atoms with van der Waals surface area (Å²) in [5, 5.41) is 70.3. The fourth-order valence-electron chi connectivity index (χ4n) is 3.77. The van der Waals surface area contributed by atoms with E-state index in [1.54, 1.807) is 12.1 Å². The molecule has 0 aliphatic carbocycles. The molecule has 2 heterocycles. The highest BCUT2D eigenvalue weighted by atomic mass is 32.2. The van der Waals surface area contributed by atoms with Crippen LogP contribution in [-0.2, 0) is 14.2 Å². The molecule has 2 saturated heterocycles. The zero-order valence-electron chi connectivity index (χ0n) is 18.6. The second-order valence-corrected chi connectivity index (χ2v) is 9.08. The predicted molar refractivity (Wildman–Crippen MR) is 121 cm³/mol. The Morgan fingerprint density at radius 1 is 0.853 bits per heavy atom. The molecule has 1 aromatic rings. The molecule has 2 aliphatic heterocycles. The maximum atomic E-state index is 10.6. The Bertz CT molecular complexity index is 790. The zero-order valence-corrected chi connectivity index (χ0v) is 19.4. The highest BCUT2D eigenvalue weighted by molar-refractivity contribution is 7.95. The molecule has 7 N–H and O–H groups in total. The fourth-order valence-corrected chi connectivity index (χ4v) is 4.49. The minimum atomic E-state index is -1.71. The van der Waals surface area contributed by atoms with Crippen molar-refractivity contribution in [3.05, 3.63) is 36.4 Å². The minimum absolute atomic E-state index is 0.115. The fraction of sp³-hybridized carbons (Fsp3) is 0.636. The number of aliphatic hydroxyl groups excluding tert-OH is 7. The van der Waals surface area contributed by atoms with Crippen LogP contribution in [0.15, 0.2) is 30.8 Å². The molecule has 10 unspecified atom stereocenters. The Balaban J connectivity index is 1.58. The Kier molecular flexibility index (Phi) is 9.72. The third-order valence-electron chi connectivity index (χ3n) is 5.84. The van der Waals surface area contributed by atoms with E-state index in [0.29, 0.717) is 5.75 Å². The molecule has 0 amide bonds. The van der Waals surface area contributed by atoms with Gasteiger partial charge in [0.1, 0.15) is 54.6 Å². The van der Waals surface area contributed by atoms with Crippen molar-refractivity contribution in [1.82, 2.24) is 0 Å². The predicted octanol–water partition coefficient (Wildman–Crippen LogP) is -1.59. The topological polar surface area (TPSA) is 179 Å². The van der Waals surface area contributed by atoms with Gasteiger partial charge >= 0.3 is 0 Å². The lowest BCUT2D eigenvalue weighted by molar-refractivity contribution is -0.341. The van der Waals surface area contributed by atoms with E-state index in [1.165, 1.54) is 0 Å². The second kappa shape index (κ2) is 12.1. The number of hydrogen-bond acceptors (Lipinski definition) is 12. The van der Waals surface area contributed by atoms with Crippen LogP contribution in [0.2, 0.25) is 0 Å². The molecular formula is C22H32O11S. The maximum absolute atomic E-state index is 10.6. The van der Waals surface area contributed by atoms with Crippen LogP contribution in [0.4, 0.5) is 0 Å². The van der Waals surface area contributed by atoms with E-state index in [0.717, 1.165) is 23.2 Å². The van der Waals surface area contributed by atoms with Crippen LogP contribution in [0.3, 0.4) is 0 Å². The van der Waals surface area contributed by atoms with E-state index >= 15 is 0 Å². The van der Waals surface area contributed by atoms with Crippen LogP contribution < -0.4 is 4.18 Å². The van der Waals surface area contributed by atoms with Gasteiger partial charge in [0.2, 0.25) is 0 Å². The van der Waals surface area contributed by atoms with E-state index < -0.39 is 74.4 Å². The molecule has 1 aromatic carbocycles. The monoisotopic (exact) mass is 504 g/mol. The first-order valence-corrected chi connectivity index (χ1v) is 11.7. The molecule has 12 heteroatoms. The van der Waals surface area contributed by atoms with E-state index in [9.17, 15) is 35.7 Å². The van der Waals surface area contributed by atoms with Crippen LogP contribution in [0.5, 0.6) is 5.75 Å². The average molecular weight is 505 g/mol. The van der Waals surface area contributed by atoms with Gasteiger partial charge in [-0.1, -0.05) is 24.3 Å². The summed E-state index contributed by atoms with van der Waals surface area (Å²) in [5.74, 6) is 0.687. The number of allylic oxidation sites excluding steroid dienone is 1. The van der Waals surface area contributed by atoms with Gasteiger partial charge in [-0.25, -0.2) is 0 Å². The quantitative estimate of drug-likeness (QED) is 0.192. The average Bonchev–Trinajstić information content (AvgIpc) is 2.83. The number of rotatable bonds is 9. The first kappa shape index (κ1) is 27.3. The largest absolute Gasteiger partial charge is 0.426 e. The molecule has 0 bridgehead atoms. The summed E-state index contributed by atoms with van der Waals surface area (Å²) >= 11 is 0.992. The molecule has 0 saturated carbocycles. The standard InChI is InChI=1S/C22H32O11S/c1-10(2)11-3-5-12(6-4-11)33-34-9-15-17(26)19(28)21(14(8-24)30-15)32-22-20(29)18(27)16(25)13(7-23)31-22/h3-6,13-29H,1,7-9H2,2H3. The third-order valence-corrected chi connectivity index (χ3v) is 6.61. The number of aliphatic hydroxyl groups is 7. The van der Waals surface area contributed by atoms with Gasteiger partial charge in [0.05, 0.1) is 37.1 Å². The summed E-state index contributed by atoms with van der Waals surface area (Å²) in [6.45, 7) is 4.52. The van der Waals surface area contributed by atoms with E-state index in [2.05, 4.69) is 6.58 Å². The first-order valence-electron chi connectivity index (χ1n) is 10.8. The zero-order chi connectivity index (χ0) is 25.0. The van der Waals surface area contributed by atoms with Crippen molar-refractivity contribution in [2.75, 3.05) is 19.0 Å².